The second-order valence-corrected chi connectivity index (χ2v) is 9.01. The highest BCUT2D eigenvalue weighted by atomic mass is 32.1. The number of hydrogen-bond donors (Lipinski definition) is 1. The molecule has 0 aliphatic heterocycles. The fourth-order valence-corrected chi connectivity index (χ4v) is 5.27. The lowest BCUT2D eigenvalue weighted by Gasteiger charge is -2.47. The fourth-order valence-electron chi connectivity index (χ4n) is 4.07. The number of fused-ring (bicyclic) bond motifs is 2. The van der Waals surface area contributed by atoms with Gasteiger partial charge >= 0.3 is 0 Å². The van der Waals surface area contributed by atoms with Crippen molar-refractivity contribution < 1.29 is 13.9 Å². The molecule has 0 aromatic carbocycles. The van der Waals surface area contributed by atoms with E-state index in [4.69, 9.17) is 4.98 Å². The molecule has 1 atom stereocenters. The maximum atomic E-state index is 13.3. The Labute approximate surface area is 163 Å². The van der Waals surface area contributed by atoms with Crippen molar-refractivity contribution in [3.8, 4) is 11.3 Å². The van der Waals surface area contributed by atoms with Crippen LogP contribution in [0.3, 0.4) is 0 Å². The highest BCUT2D eigenvalue weighted by Gasteiger charge is 2.57. The molecule has 0 spiro atoms. The van der Waals surface area contributed by atoms with Gasteiger partial charge in [-0.05, 0) is 24.3 Å². The number of hydrogen-bond acceptors (Lipinski definition) is 5. The largest absolute Gasteiger partial charge is 0.387 e. The van der Waals surface area contributed by atoms with Crippen LogP contribution in [0.25, 0.3) is 32.5 Å². The molecule has 0 bridgehead atoms. The third-order valence-corrected chi connectivity index (χ3v) is 6.52. The zero-order valence-corrected chi connectivity index (χ0v) is 16.2. The molecular formula is C20H18F2N4OS. The predicted molar refractivity (Wildman–Crippen MR) is 104 cm³/mol. The van der Waals surface area contributed by atoms with Gasteiger partial charge in [0.05, 0.1) is 11.8 Å². The summed E-state index contributed by atoms with van der Waals surface area (Å²) in [7, 11) is 1.85. The van der Waals surface area contributed by atoms with E-state index in [9.17, 15) is 13.9 Å². The lowest BCUT2D eigenvalue weighted by atomic mass is 9.64. The minimum atomic E-state index is -2.67. The molecule has 1 aliphatic rings. The van der Waals surface area contributed by atoms with Crippen LogP contribution < -0.4 is 0 Å². The Morgan fingerprint density at radius 2 is 2.00 bits per heavy atom. The van der Waals surface area contributed by atoms with Crippen molar-refractivity contribution in [3.63, 3.8) is 0 Å². The Balaban J connectivity index is 1.49. The van der Waals surface area contributed by atoms with Crippen LogP contribution in [0.15, 0.2) is 36.7 Å². The molecule has 8 heteroatoms. The van der Waals surface area contributed by atoms with Crippen LogP contribution in [0.5, 0.6) is 0 Å². The third-order valence-electron chi connectivity index (χ3n) is 5.43. The number of aromatic nitrogens is 4. The lowest BCUT2D eigenvalue weighted by Crippen LogP contribution is -2.47. The first-order valence-electron chi connectivity index (χ1n) is 8.99. The molecule has 4 aromatic heterocycles. The van der Waals surface area contributed by atoms with Gasteiger partial charge in [-0.3, -0.25) is 4.68 Å². The van der Waals surface area contributed by atoms with Crippen LogP contribution in [-0.4, -0.2) is 30.8 Å². The first-order chi connectivity index (χ1) is 13.2. The number of nitrogens with zero attached hydrogens (tertiary/aromatic N) is 4. The van der Waals surface area contributed by atoms with Crippen molar-refractivity contribution in [1.82, 2.24) is 19.7 Å². The van der Waals surface area contributed by atoms with Crippen molar-refractivity contribution >= 4 is 32.6 Å². The van der Waals surface area contributed by atoms with E-state index in [1.807, 2.05) is 37.5 Å². The summed E-state index contributed by atoms with van der Waals surface area (Å²) in [5.41, 5.74) is 1.54. The first kappa shape index (κ1) is 17.6. The molecule has 1 aliphatic carbocycles. The van der Waals surface area contributed by atoms with Gasteiger partial charge in [0.2, 0.25) is 5.92 Å². The molecular weight excluding hydrogens is 382 g/mol. The van der Waals surface area contributed by atoms with Crippen LogP contribution in [0.1, 0.15) is 30.7 Å². The molecule has 5 nitrogen and oxygen atoms in total. The van der Waals surface area contributed by atoms with Crippen LogP contribution in [0.4, 0.5) is 8.78 Å². The van der Waals surface area contributed by atoms with Crippen LogP contribution in [0.2, 0.25) is 0 Å². The van der Waals surface area contributed by atoms with Crippen LogP contribution in [-0.2, 0) is 7.05 Å². The molecule has 1 N–H and O–H groups in total. The fraction of sp³-hybridized carbons (Fsp3) is 0.350. The maximum Gasteiger partial charge on any atom is 0.249 e. The minimum absolute atomic E-state index is 0.287. The van der Waals surface area contributed by atoms with Gasteiger partial charge in [-0.2, -0.15) is 5.10 Å². The predicted octanol–water partition coefficient (Wildman–Crippen LogP) is 4.71. The smallest absolute Gasteiger partial charge is 0.249 e. The van der Waals surface area contributed by atoms with E-state index in [2.05, 4.69) is 10.1 Å². The van der Waals surface area contributed by atoms with E-state index >= 15 is 0 Å². The Kier molecular flexibility index (Phi) is 3.64. The van der Waals surface area contributed by atoms with E-state index in [1.165, 1.54) is 11.3 Å². The second kappa shape index (κ2) is 5.78. The van der Waals surface area contributed by atoms with Gasteiger partial charge < -0.3 is 5.11 Å². The van der Waals surface area contributed by atoms with E-state index in [0.717, 1.165) is 26.9 Å². The van der Waals surface area contributed by atoms with Gasteiger partial charge in [-0.25, -0.2) is 18.7 Å². The number of halogens is 2. The average Bonchev–Trinajstić information content (AvgIpc) is 3.19. The number of rotatable bonds is 3. The Bertz CT molecular complexity index is 1210. The standard InChI is InChI=1S/C20H18F2N4OS/c1-19(9-20(21,22)10-19)16(27)15-6-11-3-4-14(24-18(11)28-15)12-5-13-8-26(2)25-17(13)23-7-12/h3-8,16,27H,9-10H2,1-2H3/t16-/m0/s1. The Morgan fingerprint density at radius 1 is 1.21 bits per heavy atom. The summed E-state index contributed by atoms with van der Waals surface area (Å²) in [5, 5.41) is 16.8. The van der Waals surface area contributed by atoms with Gasteiger partial charge in [0.1, 0.15) is 4.83 Å². The molecule has 5 rings (SSSR count). The van der Waals surface area contributed by atoms with Gasteiger partial charge in [0.25, 0.3) is 0 Å². The topological polar surface area (TPSA) is 63.8 Å². The van der Waals surface area contributed by atoms with E-state index in [1.54, 1.807) is 17.8 Å². The van der Waals surface area contributed by atoms with Gasteiger partial charge in [-0.15, -0.1) is 11.3 Å². The van der Waals surface area contributed by atoms with Crippen molar-refractivity contribution in [3.05, 3.63) is 41.5 Å². The molecule has 144 valence electrons. The summed E-state index contributed by atoms with van der Waals surface area (Å²) < 4.78 is 28.4. The highest BCUT2D eigenvalue weighted by Crippen LogP contribution is 2.58. The van der Waals surface area contributed by atoms with Gasteiger partial charge in [0, 0.05) is 58.9 Å². The average molecular weight is 400 g/mol. The first-order valence-corrected chi connectivity index (χ1v) is 9.80. The van der Waals surface area contributed by atoms with Crippen molar-refractivity contribution in [2.24, 2.45) is 12.5 Å². The molecule has 0 saturated heterocycles. The quantitative estimate of drug-likeness (QED) is 0.541. The normalized spacial score (nSPS) is 19.0. The SMILES string of the molecule is Cn1cc2cc(-c3ccc4cc([C@H](O)C5(C)CC(F)(F)C5)sc4n3)cnc2n1. The molecule has 4 aromatic rings. The number of aliphatic hydroxyl groups excluding tert-OH is 1. The number of alkyl halides is 2. The van der Waals surface area contributed by atoms with E-state index < -0.39 is 17.4 Å². The van der Waals surface area contributed by atoms with E-state index in [-0.39, 0.29) is 12.8 Å². The summed E-state index contributed by atoms with van der Waals surface area (Å²) in [6.07, 6.45) is 2.15. The number of thiophene rings is 1. The zero-order valence-electron chi connectivity index (χ0n) is 15.4. The molecule has 4 heterocycles. The molecule has 1 fully saturated rings. The third kappa shape index (κ3) is 2.79. The number of pyridine rings is 2. The summed E-state index contributed by atoms with van der Waals surface area (Å²) in [4.78, 5) is 10.5. The minimum Gasteiger partial charge on any atom is -0.387 e. The van der Waals surface area contributed by atoms with E-state index in [0.29, 0.717) is 10.5 Å². The monoisotopic (exact) mass is 400 g/mol. The van der Waals surface area contributed by atoms with Crippen molar-refractivity contribution in [2.45, 2.75) is 31.8 Å². The van der Waals surface area contributed by atoms with Gasteiger partial charge in [-0.1, -0.05) is 6.92 Å². The molecule has 0 unspecified atom stereocenters. The molecule has 0 amide bonds. The summed E-state index contributed by atoms with van der Waals surface area (Å²) >= 11 is 1.36. The Morgan fingerprint density at radius 3 is 2.75 bits per heavy atom. The molecule has 28 heavy (non-hydrogen) atoms. The number of aliphatic hydroxyl groups is 1. The van der Waals surface area contributed by atoms with Crippen LogP contribution in [0, 0.1) is 5.41 Å². The lowest BCUT2D eigenvalue weighted by molar-refractivity contribution is -0.193. The van der Waals surface area contributed by atoms with Gasteiger partial charge in [0.15, 0.2) is 5.65 Å². The second-order valence-electron chi connectivity index (χ2n) is 7.95. The Hall–Kier alpha value is -2.45. The summed E-state index contributed by atoms with van der Waals surface area (Å²) in [6, 6.07) is 7.69. The number of aryl methyl sites for hydroxylation is 1. The summed E-state index contributed by atoms with van der Waals surface area (Å²) in [6.45, 7) is 1.72. The van der Waals surface area contributed by atoms with Crippen molar-refractivity contribution in [1.29, 1.82) is 0 Å². The zero-order chi connectivity index (χ0) is 19.7. The maximum absolute atomic E-state index is 13.3. The van der Waals surface area contributed by atoms with Crippen molar-refractivity contribution in [2.75, 3.05) is 0 Å². The molecule has 1 saturated carbocycles. The van der Waals surface area contributed by atoms with Crippen LogP contribution >= 0.6 is 11.3 Å². The summed E-state index contributed by atoms with van der Waals surface area (Å²) in [5.74, 6) is -2.67. The molecule has 0 radical (unpaired) electrons. The highest BCUT2D eigenvalue weighted by molar-refractivity contribution is 7.18.